The predicted molar refractivity (Wildman–Crippen MR) is 107 cm³/mol. The maximum absolute atomic E-state index is 12.3. The summed E-state index contributed by atoms with van der Waals surface area (Å²) in [6.45, 7) is 3.48. The highest BCUT2D eigenvalue weighted by Crippen LogP contribution is 2.27. The molecule has 1 aliphatic rings. The molecule has 7 heteroatoms. The van der Waals surface area contributed by atoms with Gasteiger partial charge in [-0.15, -0.1) is 0 Å². The number of hydrogen-bond acceptors (Lipinski definition) is 4. The molecular weight excluding hydrogens is 387 g/mol. The highest BCUT2D eigenvalue weighted by Gasteiger charge is 2.23. The monoisotopic (exact) mass is 408 g/mol. The van der Waals surface area contributed by atoms with Crippen molar-refractivity contribution in [3.8, 4) is 5.75 Å². The first-order valence-electron chi connectivity index (χ1n) is 8.85. The summed E-state index contributed by atoms with van der Waals surface area (Å²) >= 11 is 11.9. The Bertz CT molecular complexity index is 752. The average Bonchev–Trinajstić information content (AvgIpc) is 2.69. The average molecular weight is 409 g/mol. The van der Waals surface area contributed by atoms with Crippen LogP contribution in [-0.2, 0) is 9.53 Å². The number of benzene rings is 2. The van der Waals surface area contributed by atoms with Crippen molar-refractivity contribution in [2.45, 2.75) is 6.04 Å². The van der Waals surface area contributed by atoms with E-state index in [-0.39, 0.29) is 18.6 Å². The lowest BCUT2D eigenvalue weighted by Crippen LogP contribution is -2.44. The van der Waals surface area contributed by atoms with Crippen molar-refractivity contribution in [3.05, 3.63) is 64.1 Å². The van der Waals surface area contributed by atoms with E-state index in [1.165, 1.54) is 5.56 Å². The van der Waals surface area contributed by atoms with Gasteiger partial charge in [0.15, 0.2) is 6.61 Å². The van der Waals surface area contributed by atoms with Crippen LogP contribution in [0.1, 0.15) is 11.6 Å². The molecule has 27 heavy (non-hydrogen) atoms. The first-order chi connectivity index (χ1) is 13.1. The number of carbonyl (C=O) groups is 1. The molecule has 1 aliphatic heterocycles. The summed E-state index contributed by atoms with van der Waals surface area (Å²) in [7, 11) is 0. The molecule has 2 aromatic carbocycles. The minimum absolute atomic E-state index is 0.0955. The van der Waals surface area contributed by atoms with Gasteiger partial charge in [0.1, 0.15) is 5.75 Å². The molecule has 0 spiro atoms. The van der Waals surface area contributed by atoms with Gasteiger partial charge in [0.05, 0.1) is 24.3 Å². The number of ether oxygens (including phenoxy) is 2. The third-order valence-corrected chi connectivity index (χ3v) is 4.95. The molecule has 2 aromatic rings. The molecule has 0 aromatic heterocycles. The van der Waals surface area contributed by atoms with Crippen molar-refractivity contribution < 1.29 is 14.3 Å². The van der Waals surface area contributed by atoms with Crippen LogP contribution in [0.5, 0.6) is 5.75 Å². The molecule has 0 saturated carbocycles. The van der Waals surface area contributed by atoms with E-state index in [0.29, 0.717) is 35.6 Å². The van der Waals surface area contributed by atoms with Gasteiger partial charge in [0, 0.05) is 24.7 Å². The third kappa shape index (κ3) is 5.84. The van der Waals surface area contributed by atoms with Crippen LogP contribution in [0.2, 0.25) is 10.0 Å². The molecule has 144 valence electrons. The molecule has 1 N–H and O–H groups in total. The van der Waals surface area contributed by atoms with Crippen LogP contribution in [0.3, 0.4) is 0 Å². The second-order valence-corrected chi connectivity index (χ2v) is 7.09. The van der Waals surface area contributed by atoms with Crippen LogP contribution in [-0.4, -0.2) is 50.3 Å². The van der Waals surface area contributed by atoms with E-state index in [1.54, 1.807) is 18.2 Å². The molecule has 0 aliphatic carbocycles. The summed E-state index contributed by atoms with van der Waals surface area (Å²) in [4.78, 5) is 14.6. The normalized spacial score (nSPS) is 15.9. The number of amides is 1. The zero-order chi connectivity index (χ0) is 19.1. The first-order valence-corrected chi connectivity index (χ1v) is 9.60. The molecule has 0 radical (unpaired) electrons. The van der Waals surface area contributed by atoms with E-state index < -0.39 is 0 Å². The third-order valence-electron chi connectivity index (χ3n) is 4.42. The van der Waals surface area contributed by atoms with Crippen LogP contribution in [0.4, 0.5) is 0 Å². The van der Waals surface area contributed by atoms with Gasteiger partial charge in [-0.1, -0.05) is 53.5 Å². The summed E-state index contributed by atoms with van der Waals surface area (Å²) in [6, 6.07) is 15.2. The SMILES string of the molecule is O=C(COc1ccc(Cl)cc1Cl)NC[C@H](c1ccccc1)N1CCOCC1. The van der Waals surface area contributed by atoms with Gasteiger partial charge < -0.3 is 14.8 Å². The van der Waals surface area contributed by atoms with E-state index >= 15 is 0 Å². The molecule has 5 nitrogen and oxygen atoms in total. The molecule has 1 amide bonds. The van der Waals surface area contributed by atoms with Gasteiger partial charge in [0.2, 0.25) is 0 Å². The van der Waals surface area contributed by atoms with E-state index in [0.717, 1.165) is 13.1 Å². The lowest BCUT2D eigenvalue weighted by atomic mass is 10.0. The second kappa shape index (κ2) is 9.95. The maximum Gasteiger partial charge on any atom is 0.258 e. The Hall–Kier alpha value is -1.79. The van der Waals surface area contributed by atoms with Crippen LogP contribution in [0, 0.1) is 0 Å². The Kier molecular flexibility index (Phi) is 7.35. The molecule has 0 unspecified atom stereocenters. The van der Waals surface area contributed by atoms with E-state index in [9.17, 15) is 4.79 Å². The predicted octanol–water partition coefficient (Wildman–Crippen LogP) is 3.56. The zero-order valence-corrected chi connectivity index (χ0v) is 16.4. The molecular formula is C20H22Cl2N2O3. The maximum atomic E-state index is 12.3. The Morgan fingerprint density at radius 1 is 1.15 bits per heavy atom. The van der Waals surface area contributed by atoms with E-state index in [2.05, 4.69) is 22.3 Å². The Labute approximate surface area is 169 Å². The minimum Gasteiger partial charge on any atom is -0.482 e. The molecule has 0 bridgehead atoms. The van der Waals surface area contributed by atoms with Crippen molar-refractivity contribution >= 4 is 29.1 Å². The second-order valence-electron chi connectivity index (χ2n) is 6.24. The van der Waals surface area contributed by atoms with Gasteiger partial charge in [-0.2, -0.15) is 0 Å². The van der Waals surface area contributed by atoms with E-state index in [1.807, 2.05) is 18.2 Å². The molecule has 1 saturated heterocycles. The lowest BCUT2D eigenvalue weighted by molar-refractivity contribution is -0.123. The standard InChI is InChI=1S/C20H22Cl2N2O3/c21-16-6-7-19(17(22)12-16)27-14-20(25)23-13-18(15-4-2-1-3-5-15)24-8-10-26-11-9-24/h1-7,12,18H,8-11,13-14H2,(H,23,25)/t18-/m1/s1. The van der Waals surface area contributed by atoms with Gasteiger partial charge >= 0.3 is 0 Å². The topological polar surface area (TPSA) is 50.8 Å². The molecule has 3 rings (SSSR count). The summed E-state index contributed by atoms with van der Waals surface area (Å²) in [5.74, 6) is 0.235. The van der Waals surface area contributed by atoms with Crippen molar-refractivity contribution in [2.75, 3.05) is 39.5 Å². The highest BCUT2D eigenvalue weighted by molar-refractivity contribution is 6.35. The number of rotatable bonds is 7. The summed E-state index contributed by atoms with van der Waals surface area (Å²) in [6.07, 6.45) is 0. The van der Waals surface area contributed by atoms with E-state index in [4.69, 9.17) is 32.7 Å². The summed E-state index contributed by atoms with van der Waals surface area (Å²) in [5.41, 5.74) is 1.17. The number of hydrogen-bond donors (Lipinski definition) is 1. The van der Waals surface area contributed by atoms with Crippen LogP contribution in [0.25, 0.3) is 0 Å². The van der Waals surface area contributed by atoms with Gasteiger partial charge in [0.25, 0.3) is 5.91 Å². The van der Waals surface area contributed by atoms with Crippen LogP contribution < -0.4 is 10.1 Å². The van der Waals surface area contributed by atoms with Gasteiger partial charge in [-0.25, -0.2) is 0 Å². The Morgan fingerprint density at radius 3 is 2.59 bits per heavy atom. The number of morpholine rings is 1. The lowest BCUT2D eigenvalue weighted by Gasteiger charge is -2.34. The molecule has 1 atom stereocenters. The zero-order valence-electron chi connectivity index (χ0n) is 14.9. The fourth-order valence-electron chi connectivity index (χ4n) is 3.02. The first kappa shape index (κ1) is 20.0. The van der Waals surface area contributed by atoms with Crippen molar-refractivity contribution in [1.29, 1.82) is 0 Å². The van der Waals surface area contributed by atoms with Crippen molar-refractivity contribution in [2.24, 2.45) is 0 Å². The van der Waals surface area contributed by atoms with Gasteiger partial charge in [-0.05, 0) is 23.8 Å². The molecule has 1 fully saturated rings. The highest BCUT2D eigenvalue weighted by atomic mass is 35.5. The van der Waals surface area contributed by atoms with Crippen LogP contribution in [0.15, 0.2) is 48.5 Å². The smallest absolute Gasteiger partial charge is 0.258 e. The summed E-state index contributed by atoms with van der Waals surface area (Å²) in [5, 5.41) is 3.87. The Balaban J connectivity index is 1.56. The Morgan fingerprint density at radius 2 is 1.89 bits per heavy atom. The quantitative estimate of drug-likeness (QED) is 0.760. The number of carbonyl (C=O) groups excluding carboxylic acids is 1. The fourth-order valence-corrected chi connectivity index (χ4v) is 3.48. The van der Waals surface area contributed by atoms with Crippen LogP contribution >= 0.6 is 23.2 Å². The summed E-state index contributed by atoms with van der Waals surface area (Å²) < 4.78 is 10.9. The molecule has 1 heterocycles. The number of nitrogens with zero attached hydrogens (tertiary/aromatic N) is 1. The number of nitrogens with one attached hydrogen (secondary N) is 1. The van der Waals surface area contributed by atoms with Crippen molar-refractivity contribution in [3.63, 3.8) is 0 Å². The largest absolute Gasteiger partial charge is 0.482 e. The van der Waals surface area contributed by atoms with Gasteiger partial charge in [-0.3, -0.25) is 9.69 Å². The number of halogens is 2. The minimum atomic E-state index is -0.199. The fraction of sp³-hybridized carbons (Fsp3) is 0.350. The van der Waals surface area contributed by atoms with Crippen molar-refractivity contribution in [1.82, 2.24) is 10.2 Å².